The van der Waals surface area contributed by atoms with Crippen LogP contribution in [-0.2, 0) is 0 Å². The smallest absolute Gasteiger partial charge is 0.120 e. The average molecular weight is 254 g/mol. The second kappa shape index (κ2) is 8.15. The second-order valence-corrected chi connectivity index (χ2v) is 4.17. The van der Waals surface area contributed by atoms with Crippen LogP contribution in [0.5, 0.6) is 5.75 Å². The van der Waals surface area contributed by atoms with E-state index in [-0.39, 0.29) is 0 Å². The van der Waals surface area contributed by atoms with Gasteiger partial charge in [-0.3, -0.25) is 0 Å². The Labute approximate surface area is 109 Å². The molecule has 0 aliphatic heterocycles. The lowest BCUT2D eigenvalue weighted by Crippen LogP contribution is -2.19. The predicted molar refractivity (Wildman–Crippen MR) is 73.6 cm³/mol. The van der Waals surface area contributed by atoms with E-state index in [4.69, 9.17) is 16.3 Å². The molecule has 0 aliphatic rings. The van der Waals surface area contributed by atoms with Crippen LogP contribution in [0.4, 0.5) is 0 Å². The van der Waals surface area contributed by atoms with E-state index in [0.717, 1.165) is 18.7 Å². The number of hydrogen-bond acceptors (Lipinski definition) is 2. The molecule has 0 saturated heterocycles. The normalized spacial score (nSPS) is 12.9. The maximum atomic E-state index is 5.54. The number of benzene rings is 1. The highest BCUT2D eigenvalue weighted by Gasteiger charge is 2.04. The molecule has 1 unspecified atom stereocenters. The molecule has 1 aromatic carbocycles. The Kier molecular flexibility index (Phi) is 6.75. The number of rotatable bonds is 7. The predicted octanol–water partition coefficient (Wildman–Crippen LogP) is 3.88. The first kappa shape index (κ1) is 14.1. The van der Waals surface area contributed by atoms with Gasteiger partial charge in [0.05, 0.1) is 0 Å². The summed E-state index contributed by atoms with van der Waals surface area (Å²) in [4.78, 5) is 0. The van der Waals surface area contributed by atoms with Crippen LogP contribution in [0.2, 0.25) is 0 Å². The fourth-order valence-corrected chi connectivity index (χ4v) is 1.61. The summed E-state index contributed by atoms with van der Waals surface area (Å²) in [6.45, 7) is 5.86. The molecule has 0 radical (unpaired) electrons. The topological polar surface area (TPSA) is 21.3 Å². The van der Waals surface area contributed by atoms with Crippen LogP contribution in [-0.4, -0.2) is 13.2 Å². The summed E-state index contributed by atoms with van der Waals surface area (Å²) < 4.78 is 5.54. The van der Waals surface area contributed by atoms with E-state index in [9.17, 15) is 0 Å². The molecule has 17 heavy (non-hydrogen) atoms. The highest BCUT2D eigenvalue weighted by Crippen LogP contribution is 2.19. The molecule has 0 amide bonds. The Morgan fingerprint density at radius 2 is 2.29 bits per heavy atom. The van der Waals surface area contributed by atoms with Crippen molar-refractivity contribution in [1.82, 2.24) is 5.32 Å². The van der Waals surface area contributed by atoms with Crippen molar-refractivity contribution < 1.29 is 4.74 Å². The molecule has 0 aliphatic carbocycles. The number of halogens is 1. The summed E-state index contributed by atoms with van der Waals surface area (Å²) in [6, 6.07) is 8.49. The zero-order valence-electron chi connectivity index (χ0n) is 10.4. The van der Waals surface area contributed by atoms with Gasteiger partial charge in [0, 0.05) is 11.6 Å². The van der Waals surface area contributed by atoms with E-state index in [1.54, 1.807) is 6.08 Å². The molecule has 0 fully saturated rings. The van der Waals surface area contributed by atoms with E-state index < -0.39 is 0 Å². The van der Waals surface area contributed by atoms with Gasteiger partial charge in [0.25, 0.3) is 0 Å². The minimum Gasteiger partial charge on any atom is -0.489 e. The van der Waals surface area contributed by atoms with Crippen LogP contribution in [0.25, 0.3) is 0 Å². The summed E-state index contributed by atoms with van der Waals surface area (Å²) in [5.41, 5.74) is 2.71. The van der Waals surface area contributed by atoms with Gasteiger partial charge in [-0.1, -0.05) is 30.7 Å². The number of hydrogen-bond donors (Lipinski definition) is 1. The van der Waals surface area contributed by atoms with Crippen LogP contribution in [0.1, 0.15) is 31.9 Å². The highest BCUT2D eigenvalue weighted by atomic mass is 35.5. The van der Waals surface area contributed by atoms with Gasteiger partial charge in [0.15, 0.2) is 0 Å². The SMILES string of the molecule is CCCNC(C)c1cccc(OC/C=C/Cl)c1. The molecular formula is C14H20ClNO. The van der Waals surface area contributed by atoms with Gasteiger partial charge >= 0.3 is 0 Å². The Morgan fingerprint density at radius 3 is 3.00 bits per heavy atom. The van der Waals surface area contributed by atoms with E-state index in [1.165, 1.54) is 11.1 Å². The van der Waals surface area contributed by atoms with Crippen molar-refractivity contribution in [1.29, 1.82) is 0 Å². The molecule has 0 bridgehead atoms. The van der Waals surface area contributed by atoms with Crippen molar-refractivity contribution in [2.45, 2.75) is 26.3 Å². The van der Waals surface area contributed by atoms with Crippen molar-refractivity contribution in [2.24, 2.45) is 0 Å². The second-order valence-electron chi connectivity index (χ2n) is 3.92. The zero-order chi connectivity index (χ0) is 12.5. The maximum absolute atomic E-state index is 5.54. The van der Waals surface area contributed by atoms with Gasteiger partial charge in [0.2, 0.25) is 0 Å². The van der Waals surface area contributed by atoms with Crippen molar-refractivity contribution >= 4 is 11.6 Å². The van der Waals surface area contributed by atoms with Gasteiger partial charge in [-0.05, 0) is 43.7 Å². The monoisotopic (exact) mass is 253 g/mol. The van der Waals surface area contributed by atoms with Crippen LogP contribution in [0.3, 0.4) is 0 Å². The first-order valence-corrected chi connectivity index (χ1v) is 6.43. The molecule has 1 rings (SSSR count). The third-order valence-electron chi connectivity index (χ3n) is 2.49. The molecule has 0 aromatic heterocycles. The van der Waals surface area contributed by atoms with Gasteiger partial charge < -0.3 is 10.1 Å². The maximum Gasteiger partial charge on any atom is 0.120 e. The summed E-state index contributed by atoms with van der Waals surface area (Å²) in [6.07, 6.45) is 2.91. The molecular weight excluding hydrogens is 234 g/mol. The summed E-state index contributed by atoms with van der Waals surface area (Å²) in [5.74, 6) is 0.877. The van der Waals surface area contributed by atoms with E-state index in [2.05, 4.69) is 31.3 Å². The molecule has 94 valence electrons. The Morgan fingerprint density at radius 1 is 1.47 bits per heavy atom. The average Bonchev–Trinajstić information content (AvgIpc) is 2.36. The van der Waals surface area contributed by atoms with Crippen molar-refractivity contribution in [3.63, 3.8) is 0 Å². The molecule has 0 spiro atoms. The molecule has 2 nitrogen and oxygen atoms in total. The molecule has 1 atom stereocenters. The summed E-state index contributed by atoms with van der Waals surface area (Å²) in [5, 5.41) is 3.45. The van der Waals surface area contributed by atoms with Gasteiger partial charge in [-0.15, -0.1) is 0 Å². The third-order valence-corrected chi connectivity index (χ3v) is 2.67. The van der Waals surface area contributed by atoms with Crippen molar-refractivity contribution in [2.75, 3.05) is 13.2 Å². The molecule has 3 heteroatoms. The van der Waals surface area contributed by atoms with Gasteiger partial charge in [-0.25, -0.2) is 0 Å². The standard InChI is InChI=1S/C14H20ClNO/c1-3-9-16-12(2)13-6-4-7-14(11-13)17-10-5-8-15/h4-8,11-12,16H,3,9-10H2,1-2H3/b8-5+. The number of nitrogens with one attached hydrogen (secondary N) is 1. The van der Waals surface area contributed by atoms with Gasteiger partial charge in [-0.2, -0.15) is 0 Å². The van der Waals surface area contributed by atoms with Crippen LogP contribution < -0.4 is 10.1 Å². The van der Waals surface area contributed by atoms with Gasteiger partial charge in [0.1, 0.15) is 12.4 Å². The molecule has 0 saturated carbocycles. The third kappa shape index (κ3) is 5.24. The highest BCUT2D eigenvalue weighted by molar-refractivity contribution is 6.25. The Bertz CT molecular complexity index is 352. The summed E-state index contributed by atoms with van der Waals surface area (Å²) in [7, 11) is 0. The van der Waals surface area contributed by atoms with Crippen LogP contribution in [0, 0.1) is 0 Å². The molecule has 1 N–H and O–H groups in total. The lowest BCUT2D eigenvalue weighted by molar-refractivity contribution is 0.362. The minimum absolute atomic E-state index is 0.349. The fraction of sp³-hybridized carbons (Fsp3) is 0.429. The van der Waals surface area contributed by atoms with E-state index >= 15 is 0 Å². The minimum atomic E-state index is 0.349. The number of ether oxygens (including phenoxy) is 1. The van der Waals surface area contributed by atoms with Crippen molar-refractivity contribution in [3.05, 3.63) is 41.4 Å². The first-order chi connectivity index (χ1) is 8.27. The van der Waals surface area contributed by atoms with Crippen LogP contribution in [0.15, 0.2) is 35.9 Å². The lowest BCUT2D eigenvalue weighted by atomic mass is 10.1. The Hall–Kier alpha value is -0.990. The quantitative estimate of drug-likeness (QED) is 0.796. The fourth-order valence-electron chi connectivity index (χ4n) is 1.53. The lowest BCUT2D eigenvalue weighted by Gasteiger charge is -2.14. The zero-order valence-corrected chi connectivity index (χ0v) is 11.2. The largest absolute Gasteiger partial charge is 0.489 e. The van der Waals surface area contributed by atoms with Crippen molar-refractivity contribution in [3.8, 4) is 5.75 Å². The first-order valence-electron chi connectivity index (χ1n) is 5.99. The van der Waals surface area contributed by atoms with E-state index in [0.29, 0.717) is 12.6 Å². The Balaban J connectivity index is 2.58. The van der Waals surface area contributed by atoms with E-state index in [1.807, 2.05) is 12.1 Å². The molecule has 1 aromatic rings. The summed E-state index contributed by atoms with van der Waals surface area (Å²) >= 11 is 5.44. The molecule has 0 heterocycles. The van der Waals surface area contributed by atoms with Crippen LogP contribution >= 0.6 is 11.6 Å².